The smallest absolute Gasteiger partial charge is 0.0931 e. The summed E-state index contributed by atoms with van der Waals surface area (Å²) in [4.78, 5) is 1.32. The highest BCUT2D eigenvalue weighted by atomic mass is 79.9. The first-order valence-electron chi connectivity index (χ1n) is 6.84. The van der Waals surface area contributed by atoms with Gasteiger partial charge in [0.25, 0.3) is 0 Å². The lowest BCUT2D eigenvalue weighted by atomic mass is 9.98. The van der Waals surface area contributed by atoms with Crippen molar-refractivity contribution in [2.75, 3.05) is 6.54 Å². The second-order valence-corrected chi connectivity index (χ2v) is 7.52. The first kappa shape index (κ1) is 16.0. The van der Waals surface area contributed by atoms with Crippen LogP contribution < -0.4 is 5.32 Å². The van der Waals surface area contributed by atoms with E-state index in [2.05, 4.69) is 59.4 Å². The molecule has 0 aliphatic rings. The minimum absolute atomic E-state index is 0.335. The highest BCUT2D eigenvalue weighted by Gasteiger charge is 2.16. The number of nitrogens with one attached hydrogen (secondary N) is 1. The van der Waals surface area contributed by atoms with Crippen molar-refractivity contribution in [3.63, 3.8) is 0 Å². The molecular weight excluding hydrogens is 354 g/mol. The molecule has 0 bridgehead atoms. The Hall–Kier alpha value is -0.350. The first-order valence-corrected chi connectivity index (χ1v) is 8.83. The molecule has 1 unspecified atom stereocenters. The number of hydrogen-bond acceptors (Lipinski definition) is 2. The van der Waals surface area contributed by atoms with Gasteiger partial charge < -0.3 is 5.32 Å². The molecule has 1 heterocycles. The summed E-state index contributed by atoms with van der Waals surface area (Å²) in [6, 6.07) is 10.9. The third kappa shape index (κ3) is 4.08. The molecule has 0 saturated heterocycles. The van der Waals surface area contributed by atoms with E-state index in [1.807, 2.05) is 6.07 Å². The molecule has 1 aromatic heterocycles. The summed E-state index contributed by atoms with van der Waals surface area (Å²) in [5.41, 5.74) is 2.67. The fourth-order valence-electron chi connectivity index (χ4n) is 2.27. The van der Waals surface area contributed by atoms with Crippen LogP contribution in [0.25, 0.3) is 0 Å². The van der Waals surface area contributed by atoms with Crippen LogP contribution in [0.15, 0.2) is 34.8 Å². The molecule has 0 amide bonds. The third-order valence-electron chi connectivity index (χ3n) is 3.36. The predicted octanol–water partition coefficient (Wildman–Crippen LogP) is 5.76. The van der Waals surface area contributed by atoms with Gasteiger partial charge in [-0.05, 0) is 49.2 Å². The Kier molecular flexibility index (Phi) is 6.09. The van der Waals surface area contributed by atoms with Crippen LogP contribution >= 0.6 is 38.9 Å². The number of halogens is 2. The lowest BCUT2D eigenvalue weighted by Crippen LogP contribution is -2.24. The highest BCUT2D eigenvalue weighted by molar-refractivity contribution is 9.10. The maximum atomic E-state index is 6.04. The summed E-state index contributed by atoms with van der Waals surface area (Å²) in [6.45, 7) is 5.39. The van der Waals surface area contributed by atoms with Crippen molar-refractivity contribution in [2.45, 2.75) is 32.7 Å². The van der Waals surface area contributed by atoms with Gasteiger partial charge in [-0.15, -0.1) is 11.3 Å². The van der Waals surface area contributed by atoms with E-state index in [1.165, 1.54) is 20.5 Å². The Morgan fingerprint density at radius 3 is 2.75 bits per heavy atom. The summed E-state index contributed by atoms with van der Waals surface area (Å²) < 4.78 is 2.03. The van der Waals surface area contributed by atoms with Crippen molar-refractivity contribution in [1.29, 1.82) is 0 Å². The zero-order chi connectivity index (χ0) is 14.5. The van der Waals surface area contributed by atoms with Crippen molar-refractivity contribution in [3.8, 4) is 0 Å². The summed E-state index contributed by atoms with van der Waals surface area (Å²) in [7, 11) is 0. The first-order chi connectivity index (χ1) is 9.61. The van der Waals surface area contributed by atoms with Gasteiger partial charge in [-0.2, -0.15) is 0 Å². The Balaban J connectivity index is 2.24. The molecule has 2 aromatic rings. The van der Waals surface area contributed by atoms with Gasteiger partial charge >= 0.3 is 0 Å². The molecule has 0 spiro atoms. The Morgan fingerprint density at radius 1 is 1.30 bits per heavy atom. The number of benzene rings is 1. The van der Waals surface area contributed by atoms with Gasteiger partial charge in [0.15, 0.2) is 0 Å². The average molecular weight is 373 g/mol. The molecule has 108 valence electrons. The Bertz CT molecular complexity index is 567. The molecule has 4 heteroatoms. The molecule has 20 heavy (non-hydrogen) atoms. The molecule has 1 nitrogen and oxygen atoms in total. The van der Waals surface area contributed by atoms with E-state index >= 15 is 0 Å². The second-order valence-electron chi connectivity index (χ2n) is 4.87. The van der Waals surface area contributed by atoms with Gasteiger partial charge in [-0.3, -0.25) is 0 Å². The van der Waals surface area contributed by atoms with Crippen molar-refractivity contribution < 1.29 is 0 Å². The van der Waals surface area contributed by atoms with E-state index in [0.29, 0.717) is 6.04 Å². The molecule has 1 atom stereocenters. The van der Waals surface area contributed by atoms with E-state index in [1.54, 1.807) is 11.3 Å². The summed E-state index contributed by atoms with van der Waals surface area (Å²) in [5, 5.41) is 3.65. The molecule has 0 aliphatic carbocycles. The van der Waals surface area contributed by atoms with Crippen LogP contribution in [0.1, 0.15) is 35.4 Å². The molecule has 0 fully saturated rings. The van der Waals surface area contributed by atoms with Crippen LogP contribution in [-0.2, 0) is 6.42 Å². The Labute approximate surface area is 138 Å². The van der Waals surface area contributed by atoms with E-state index in [9.17, 15) is 0 Å². The molecule has 0 aliphatic heterocycles. The monoisotopic (exact) mass is 371 g/mol. The quantitative estimate of drug-likeness (QED) is 0.680. The zero-order valence-electron chi connectivity index (χ0n) is 11.7. The van der Waals surface area contributed by atoms with Crippen molar-refractivity contribution in [2.24, 2.45) is 0 Å². The molecule has 2 rings (SSSR count). The Morgan fingerprint density at radius 2 is 2.10 bits per heavy atom. The molecule has 1 aromatic carbocycles. The zero-order valence-corrected chi connectivity index (χ0v) is 14.9. The van der Waals surface area contributed by atoms with Crippen LogP contribution in [0, 0.1) is 6.92 Å². The maximum Gasteiger partial charge on any atom is 0.0931 e. The summed E-state index contributed by atoms with van der Waals surface area (Å²) in [6.07, 6.45) is 2.11. The lowest BCUT2D eigenvalue weighted by molar-refractivity contribution is 0.530. The van der Waals surface area contributed by atoms with Crippen molar-refractivity contribution >= 4 is 38.9 Å². The van der Waals surface area contributed by atoms with Gasteiger partial charge in [0.05, 0.1) is 4.34 Å². The van der Waals surface area contributed by atoms with Crippen LogP contribution in [0.3, 0.4) is 0 Å². The summed E-state index contributed by atoms with van der Waals surface area (Å²) >= 11 is 11.3. The van der Waals surface area contributed by atoms with Crippen molar-refractivity contribution in [1.82, 2.24) is 5.32 Å². The van der Waals surface area contributed by atoms with Crippen LogP contribution in [0.5, 0.6) is 0 Å². The SMILES string of the molecule is CCCNC(Cc1ccc(Cl)s1)c1cccc(Br)c1C. The lowest BCUT2D eigenvalue weighted by Gasteiger charge is -2.21. The molecule has 1 N–H and O–H groups in total. The fraction of sp³-hybridized carbons (Fsp3) is 0.375. The number of thiophene rings is 1. The number of rotatable bonds is 6. The van der Waals surface area contributed by atoms with Gasteiger partial charge in [0, 0.05) is 21.8 Å². The van der Waals surface area contributed by atoms with E-state index in [0.717, 1.165) is 23.7 Å². The second kappa shape index (κ2) is 7.60. The normalized spacial score (nSPS) is 12.6. The highest BCUT2D eigenvalue weighted by Crippen LogP contribution is 2.30. The van der Waals surface area contributed by atoms with Crippen LogP contribution in [0.2, 0.25) is 4.34 Å². The van der Waals surface area contributed by atoms with Gasteiger partial charge in [0.2, 0.25) is 0 Å². The topological polar surface area (TPSA) is 12.0 Å². The van der Waals surface area contributed by atoms with Crippen molar-refractivity contribution in [3.05, 3.63) is 55.1 Å². The van der Waals surface area contributed by atoms with E-state index in [4.69, 9.17) is 11.6 Å². The van der Waals surface area contributed by atoms with Crippen LogP contribution in [0.4, 0.5) is 0 Å². The largest absolute Gasteiger partial charge is 0.310 e. The maximum absolute atomic E-state index is 6.04. The fourth-order valence-corrected chi connectivity index (χ4v) is 3.79. The van der Waals surface area contributed by atoms with Gasteiger partial charge in [-0.1, -0.05) is 46.6 Å². The number of hydrogen-bond donors (Lipinski definition) is 1. The van der Waals surface area contributed by atoms with Gasteiger partial charge in [-0.25, -0.2) is 0 Å². The van der Waals surface area contributed by atoms with E-state index < -0.39 is 0 Å². The van der Waals surface area contributed by atoms with Crippen LogP contribution in [-0.4, -0.2) is 6.54 Å². The minimum Gasteiger partial charge on any atom is -0.310 e. The molecule has 0 saturated carbocycles. The summed E-state index contributed by atoms with van der Waals surface area (Å²) in [5.74, 6) is 0. The third-order valence-corrected chi connectivity index (χ3v) is 5.47. The standard InChI is InChI=1S/C16H19BrClNS/c1-3-9-19-15(10-12-7-8-16(18)20-12)13-5-4-6-14(17)11(13)2/h4-8,15,19H,3,9-10H2,1-2H3. The average Bonchev–Trinajstić information content (AvgIpc) is 2.83. The molecular formula is C16H19BrClNS. The van der Waals surface area contributed by atoms with Gasteiger partial charge in [0.1, 0.15) is 0 Å². The predicted molar refractivity (Wildman–Crippen MR) is 92.9 cm³/mol. The minimum atomic E-state index is 0.335. The van der Waals surface area contributed by atoms with E-state index in [-0.39, 0.29) is 0 Å². The molecule has 0 radical (unpaired) electrons.